The highest BCUT2D eigenvalue weighted by molar-refractivity contribution is 7.94. The van der Waals surface area contributed by atoms with Crippen molar-refractivity contribution < 1.29 is 8.62 Å². The van der Waals surface area contributed by atoms with Crippen LogP contribution in [0.15, 0.2) is 78.5 Å². The van der Waals surface area contributed by atoms with E-state index in [2.05, 4.69) is 49.6 Å². The molecule has 0 bridgehead atoms. The van der Waals surface area contributed by atoms with Crippen LogP contribution in [0.5, 0.6) is 5.75 Å². The summed E-state index contributed by atoms with van der Waals surface area (Å²) in [6, 6.07) is 19.5. The van der Waals surface area contributed by atoms with E-state index in [0.29, 0.717) is 10.7 Å². The number of aromatic nitrogens is 1. The maximum Gasteiger partial charge on any atom is 0.129 e. The molecule has 0 aliphatic carbocycles. The van der Waals surface area contributed by atoms with E-state index in [1.54, 1.807) is 25.4 Å². The van der Waals surface area contributed by atoms with Crippen LogP contribution in [0.25, 0.3) is 5.70 Å². The molecule has 2 unspecified atom stereocenters. The number of hydrogen-bond acceptors (Lipinski definition) is 5. The molecule has 3 rings (SSSR count). The number of halogens is 1. The van der Waals surface area contributed by atoms with Crippen molar-refractivity contribution in [2.75, 3.05) is 12.4 Å². The molecule has 0 fully saturated rings. The normalized spacial score (nSPS) is 11.1. The molecule has 1 aromatic heterocycles. The summed E-state index contributed by atoms with van der Waals surface area (Å²) in [7, 11) is 4.50. The highest BCUT2D eigenvalue weighted by Crippen LogP contribution is 2.26. The topological polar surface area (TPSA) is 46.2 Å². The van der Waals surface area contributed by atoms with Crippen molar-refractivity contribution in [3.05, 3.63) is 90.1 Å². The number of pyridine rings is 1. The summed E-state index contributed by atoms with van der Waals surface area (Å²) in [5.41, 5.74) is 4.72. The molecule has 4 nitrogen and oxygen atoms in total. The lowest BCUT2D eigenvalue weighted by Gasteiger charge is -2.17. The number of ether oxygens (including phenoxy) is 1. The third-order valence-electron chi connectivity index (χ3n) is 4.37. The summed E-state index contributed by atoms with van der Waals surface area (Å²) in [6.45, 7) is 8.78. The van der Waals surface area contributed by atoms with Crippen LogP contribution in [0.1, 0.15) is 36.3 Å². The van der Waals surface area contributed by atoms with Gasteiger partial charge in [-0.3, -0.25) is 0 Å². The van der Waals surface area contributed by atoms with E-state index in [4.69, 9.17) is 4.74 Å². The van der Waals surface area contributed by atoms with Crippen LogP contribution in [0.4, 0.5) is 9.57 Å². The Labute approximate surface area is 191 Å². The van der Waals surface area contributed by atoms with Crippen molar-refractivity contribution >= 4 is 32.8 Å². The summed E-state index contributed by atoms with van der Waals surface area (Å²) in [4.78, 5) is 4.04. The predicted octanol–water partition coefficient (Wildman–Crippen LogP) is 6.84. The van der Waals surface area contributed by atoms with Gasteiger partial charge in [-0.1, -0.05) is 44.7 Å². The molecule has 1 heterocycles. The van der Waals surface area contributed by atoms with Crippen LogP contribution in [0, 0.1) is 0 Å². The lowest BCUT2D eigenvalue weighted by molar-refractivity contribution is 0.414. The fraction of sp³-hybridized carbons (Fsp3) is 0.208. The molecular formula is C24H29FN3OPS. The second-order valence-corrected chi connectivity index (χ2v) is 7.64. The van der Waals surface area contributed by atoms with Gasteiger partial charge >= 0.3 is 0 Å². The average molecular weight is 458 g/mol. The van der Waals surface area contributed by atoms with Crippen LogP contribution in [0.3, 0.4) is 0 Å². The Morgan fingerprint density at radius 1 is 1.16 bits per heavy atom. The lowest BCUT2D eigenvalue weighted by atomic mass is 10.1. The van der Waals surface area contributed by atoms with Gasteiger partial charge < -0.3 is 15.4 Å². The van der Waals surface area contributed by atoms with Crippen molar-refractivity contribution in [1.29, 1.82) is 0 Å². The van der Waals surface area contributed by atoms with Crippen LogP contribution in [0.2, 0.25) is 0 Å². The third-order valence-corrected chi connectivity index (χ3v) is 5.39. The summed E-state index contributed by atoms with van der Waals surface area (Å²) >= 11 is 0.126. The summed E-state index contributed by atoms with van der Waals surface area (Å²) in [5, 5.41) is 7.12. The number of anilines is 1. The molecule has 0 aliphatic heterocycles. The van der Waals surface area contributed by atoms with Gasteiger partial charge in [-0.15, -0.1) is 9.24 Å². The van der Waals surface area contributed by atoms with Crippen LogP contribution in [-0.2, 0) is 6.54 Å². The maximum absolute atomic E-state index is 12.5. The van der Waals surface area contributed by atoms with Gasteiger partial charge in [0.15, 0.2) is 0 Å². The lowest BCUT2D eigenvalue weighted by Crippen LogP contribution is -2.16. The average Bonchev–Trinajstić information content (AvgIpc) is 2.84. The van der Waals surface area contributed by atoms with Gasteiger partial charge in [0.2, 0.25) is 0 Å². The first-order valence-corrected chi connectivity index (χ1v) is 11.4. The number of benzene rings is 2. The molecule has 0 saturated carbocycles. The zero-order valence-electron chi connectivity index (χ0n) is 18.1. The van der Waals surface area contributed by atoms with E-state index in [0.717, 1.165) is 34.7 Å². The van der Waals surface area contributed by atoms with E-state index in [9.17, 15) is 3.89 Å². The Balaban J connectivity index is 0.00000166. The van der Waals surface area contributed by atoms with Crippen molar-refractivity contribution in [2.45, 2.75) is 31.2 Å². The molecule has 0 saturated heterocycles. The van der Waals surface area contributed by atoms with E-state index in [1.165, 1.54) is 0 Å². The highest BCUT2D eigenvalue weighted by Gasteiger charge is 2.08. The molecule has 2 atom stereocenters. The van der Waals surface area contributed by atoms with Crippen molar-refractivity contribution in [3.63, 3.8) is 0 Å². The highest BCUT2D eigenvalue weighted by atomic mass is 32.2. The fourth-order valence-corrected chi connectivity index (χ4v) is 3.33. The zero-order valence-corrected chi connectivity index (χ0v) is 20.0. The number of hydrogen-bond donors (Lipinski definition) is 2. The molecule has 0 spiro atoms. The molecule has 31 heavy (non-hydrogen) atoms. The smallest absolute Gasteiger partial charge is 0.129 e. The number of methoxy groups -OCH3 is 1. The van der Waals surface area contributed by atoms with Crippen LogP contribution < -0.4 is 15.4 Å². The summed E-state index contributed by atoms with van der Waals surface area (Å²) in [5.74, 6) is 0.931. The molecule has 7 heteroatoms. The molecule has 0 aliphatic rings. The van der Waals surface area contributed by atoms with Crippen molar-refractivity contribution in [1.82, 2.24) is 10.3 Å². The largest absolute Gasteiger partial charge is 0.497 e. The second-order valence-electron chi connectivity index (χ2n) is 6.40. The monoisotopic (exact) mass is 457 g/mol. The van der Waals surface area contributed by atoms with Gasteiger partial charge in [0.1, 0.15) is 22.9 Å². The molecular weight excluding hydrogens is 428 g/mol. The molecule has 0 radical (unpaired) electrons. The van der Waals surface area contributed by atoms with Gasteiger partial charge in [0.25, 0.3) is 0 Å². The molecule has 2 aromatic carbocycles. The van der Waals surface area contributed by atoms with Gasteiger partial charge in [-0.2, -0.15) is 3.89 Å². The number of rotatable bonds is 9. The van der Waals surface area contributed by atoms with Crippen LogP contribution >= 0.6 is 21.4 Å². The quantitative estimate of drug-likeness (QED) is 0.345. The SMILES string of the molecule is C=C(Nc1cccc(C(P)NCc2cccc(OC)c2)c1)c1ccc(SF)nc1.CC. The predicted molar refractivity (Wildman–Crippen MR) is 134 cm³/mol. The van der Waals surface area contributed by atoms with Crippen molar-refractivity contribution in [2.24, 2.45) is 0 Å². The third kappa shape index (κ3) is 7.66. The van der Waals surface area contributed by atoms with Gasteiger partial charge in [0, 0.05) is 35.5 Å². The minimum atomic E-state index is 0.0822. The fourth-order valence-electron chi connectivity index (χ4n) is 2.79. The summed E-state index contributed by atoms with van der Waals surface area (Å²) < 4.78 is 17.8. The Hall–Kier alpha value is -2.40. The summed E-state index contributed by atoms with van der Waals surface area (Å²) in [6.07, 6.45) is 1.61. The number of nitrogens with one attached hydrogen (secondary N) is 2. The van der Waals surface area contributed by atoms with Gasteiger partial charge in [-0.25, -0.2) is 4.98 Å². The Morgan fingerprint density at radius 2 is 1.94 bits per heavy atom. The first kappa shape index (κ1) is 24.9. The molecule has 164 valence electrons. The van der Waals surface area contributed by atoms with E-state index >= 15 is 0 Å². The first-order chi connectivity index (χ1) is 15.1. The Morgan fingerprint density at radius 3 is 2.61 bits per heavy atom. The number of nitrogens with zero attached hydrogens (tertiary/aromatic N) is 1. The second kappa shape index (κ2) is 13.1. The van der Waals surface area contributed by atoms with Gasteiger partial charge in [-0.05, 0) is 47.5 Å². The minimum Gasteiger partial charge on any atom is -0.497 e. The zero-order chi connectivity index (χ0) is 22.6. The molecule has 0 amide bonds. The Bertz CT molecular complexity index is 969. The van der Waals surface area contributed by atoms with E-state index in [-0.39, 0.29) is 17.9 Å². The standard InChI is InChI=1S/C22H23FN3OPS.C2H6/c1-15(18-9-10-21(29-23)24-14-18)26-19-7-4-6-17(12-19)22(28)25-13-16-5-3-8-20(11-16)27-2;1-2/h3-12,14,22,25-26H,1,13,28H2,2H3;1-2H3. The van der Waals surface area contributed by atoms with Crippen molar-refractivity contribution in [3.8, 4) is 5.75 Å². The maximum atomic E-state index is 12.5. The Kier molecular flexibility index (Phi) is 10.5. The minimum absolute atomic E-state index is 0.0822. The molecule has 2 N–H and O–H groups in total. The van der Waals surface area contributed by atoms with E-state index < -0.39 is 0 Å². The van der Waals surface area contributed by atoms with Crippen LogP contribution in [-0.4, -0.2) is 12.1 Å². The van der Waals surface area contributed by atoms with E-state index in [1.807, 2.05) is 44.2 Å². The van der Waals surface area contributed by atoms with Gasteiger partial charge in [0.05, 0.1) is 7.11 Å². The molecule has 3 aromatic rings. The first-order valence-electron chi connectivity index (χ1n) is 10.0.